The van der Waals surface area contributed by atoms with Crippen LogP contribution in [-0.2, 0) is 73.4 Å². The first-order valence-corrected chi connectivity index (χ1v) is 31.0. The van der Waals surface area contributed by atoms with E-state index in [2.05, 4.69) is 31.1 Å². The Labute approximate surface area is 507 Å². The predicted octanol–water partition coefficient (Wildman–Crippen LogP) is 1.72. The Bertz CT molecular complexity index is 2530. The number of benzene rings is 1. The van der Waals surface area contributed by atoms with E-state index in [-0.39, 0.29) is 99.3 Å². The summed E-state index contributed by atoms with van der Waals surface area (Å²) in [5.41, 5.74) is 6.41. The molecular weight excluding hydrogens is 1140 g/mol. The molecule has 2 aliphatic rings. The third kappa shape index (κ3) is 20.8. The second kappa shape index (κ2) is 35.5. The zero-order valence-corrected chi connectivity index (χ0v) is 52.7. The maximum atomic E-state index is 14.7. The zero-order chi connectivity index (χ0) is 63.1. The molecule has 474 valence electrons. The van der Waals surface area contributed by atoms with Gasteiger partial charge in [0.2, 0.25) is 59.1 Å². The van der Waals surface area contributed by atoms with Gasteiger partial charge in [0.25, 0.3) is 0 Å². The van der Waals surface area contributed by atoms with Gasteiger partial charge in [-0.15, -0.1) is 23.1 Å². The van der Waals surface area contributed by atoms with Gasteiger partial charge in [-0.3, -0.25) is 57.7 Å². The van der Waals surface area contributed by atoms with Crippen LogP contribution >= 0.6 is 23.1 Å². The lowest BCUT2D eigenvalue weighted by atomic mass is 9.89. The number of aromatic nitrogens is 1. The molecule has 85 heavy (non-hydrogen) atoms. The zero-order valence-electron chi connectivity index (χ0n) is 51.1. The quantitative estimate of drug-likeness (QED) is 0.0319. The summed E-state index contributed by atoms with van der Waals surface area (Å²) in [6.07, 6.45) is 2.38. The third-order valence-corrected chi connectivity index (χ3v) is 17.9. The number of hydrogen-bond donors (Lipinski definition) is 6. The molecule has 4 rings (SSSR count). The number of thiazole rings is 1. The highest BCUT2D eigenvalue weighted by molar-refractivity contribution is 8.00. The molecule has 0 bridgehead atoms. The van der Waals surface area contributed by atoms with Crippen molar-refractivity contribution in [2.75, 3.05) is 73.5 Å². The minimum Gasteiger partial charge on any atom is -0.379 e. The van der Waals surface area contributed by atoms with Crippen LogP contribution in [0.5, 0.6) is 0 Å². The van der Waals surface area contributed by atoms with E-state index < -0.39 is 102 Å². The number of thioether (sulfide) groups is 1. The van der Waals surface area contributed by atoms with E-state index in [0.29, 0.717) is 32.2 Å². The number of hydrogen-bond acceptors (Lipinski definition) is 18. The highest BCUT2D eigenvalue weighted by atomic mass is 32.2. The number of imide groups is 1. The number of carbonyl (C=O) groups excluding carboxylic acids is 10. The van der Waals surface area contributed by atoms with E-state index in [1.807, 2.05) is 70.3 Å². The first-order valence-electron chi connectivity index (χ1n) is 29.0. The Morgan fingerprint density at radius 3 is 2.19 bits per heavy atom. The maximum Gasteiger partial charge on any atom is 0.248 e. The third-order valence-electron chi connectivity index (χ3n) is 15.7. The van der Waals surface area contributed by atoms with Gasteiger partial charge in [0.05, 0.1) is 67.6 Å². The summed E-state index contributed by atoms with van der Waals surface area (Å²) >= 11 is 2.45. The lowest BCUT2D eigenvalue weighted by Gasteiger charge is -2.41. The van der Waals surface area contributed by atoms with Crippen molar-refractivity contribution in [3.8, 4) is 0 Å². The van der Waals surface area contributed by atoms with Crippen molar-refractivity contribution in [1.82, 2.24) is 45.9 Å². The average Bonchev–Trinajstić information content (AvgIpc) is 4.41. The fourth-order valence-electron chi connectivity index (χ4n) is 10.9. The Balaban J connectivity index is 1.29. The molecule has 2 aliphatic heterocycles. The lowest BCUT2D eigenvalue weighted by Crippen LogP contribution is -2.60. The first kappa shape index (κ1) is 71.4. The van der Waals surface area contributed by atoms with E-state index in [9.17, 15) is 47.9 Å². The molecule has 10 amide bonds. The number of carbonyl (C=O) groups is 10. The molecule has 1 aromatic carbocycles. The van der Waals surface area contributed by atoms with Crippen LogP contribution in [0.3, 0.4) is 0 Å². The van der Waals surface area contributed by atoms with Gasteiger partial charge in [0.1, 0.15) is 29.7 Å². The molecule has 2 fully saturated rings. The number of nitrogens with zero attached hydrogens (tertiary/aromatic N) is 5. The number of nitrogens with two attached hydrogens (primary N) is 2. The number of likely N-dealkylation sites (N-methyl/N-ethyl adjacent to an activating group) is 2. The molecule has 1 aromatic heterocycles. The van der Waals surface area contributed by atoms with Crippen LogP contribution in [0.15, 0.2) is 41.9 Å². The lowest BCUT2D eigenvalue weighted by molar-refractivity contribution is -0.148. The summed E-state index contributed by atoms with van der Waals surface area (Å²) in [5, 5.41) is 13.0. The van der Waals surface area contributed by atoms with Gasteiger partial charge in [-0.05, 0) is 42.6 Å². The normalized spacial score (nSPS) is 18.4. The van der Waals surface area contributed by atoms with Crippen LogP contribution in [-0.4, -0.2) is 205 Å². The predicted molar refractivity (Wildman–Crippen MR) is 319 cm³/mol. The van der Waals surface area contributed by atoms with E-state index in [4.69, 9.17) is 25.8 Å². The summed E-state index contributed by atoms with van der Waals surface area (Å²) in [6, 6.07) is 5.41. The number of likely N-dealkylation sites (tertiary alicyclic amines) is 2. The highest BCUT2D eigenvalue weighted by Crippen LogP contribution is 2.31. The molecule has 8 N–H and O–H groups in total. The number of amides is 10. The number of methoxy groups -OCH3 is 2. The minimum absolute atomic E-state index is 0.0335. The summed E-state index contributed by atoms with van der Waals surface area (Å²) in [6.45, 7) is 12.9. The SMILES string of the molecule is CCC(C)[C@@H]([C@@H](CC(=O)N1CCC[C@H]1[C@H](OC)[C@@H](C)C(=O)N[C@@H](Cc1ccccc1)c1nccs1)OC)N(C)C(=O)[C@@H](NC(=O)[C@H](C(C)C)N(C)C(=O)CCOCCNC(=O)CCN1C(=O)CC(SCC(NC(=O)CON)C(N)=O)C1=O)C(C)C. The highest BCUT2D eigenvalue weighted by Gasteiger charge is 2.44. The summed E-state index contributed by atoms with van der Waals surface area (Å²) in [4.78, 5) is 147. The molecule has 25 nitrogen and oxygen atoms in total. The van der Waals surface area contributed by atoms with Gasteiger partial charge in [0.15, 0.2) is 0 Å². The number of nitrogens with one attached hydrogen (secondary N) is 4. The van der Waals surface area contributed by atoms with Gasteiger partial charge in [0, 0.05) is 78.1 Å². The van der Waals surface area contributed by atoms with Crippen molar-refractivity contribution in [2.45, 2.75) is 154 Å². The van der Waals surface area contributed by atoms with Crippen LogP contribution in [0.2, 0.25) is 0 Å². The first-order chi connectivity index (χ1) is 40.4. The van der Waals surface area contributed by atoms with Crippen molar-refractivity contribution < 1.29 is 67.0 Å². The maximum absolute atomic E-state index is 14.7. The summed E-state index contributed by atoms with van der Waals surface area (Å²) < 4.78 is 17.8. The molecule has 2 saturated heterocycles. The standard InChI is InChI=1S/C58H91N11O14S2/c1-12-36(6)51(42(80-10)30-47(73)68-24-16-19-41(68)52(81-11)37(7)54(76)64-39(56-62-23-28-84-56)29-38-17-14-13-15-18-38)67(9)58(79)49(34(2)3)65-55(77)50(35(4)5)66(8)46(72)21-26-82-27-22-61-44(70)20-25-69-48(74)31-43(57(69)78)85-33-40(53(59)75)63-45(71)32-83-60/h13-15,17-18,23,28,34-37,39-43,49-52H,12,16,19-22,24-27,29-33,60H2,1-11H3,(H2,59,75)(H,61,70)(H,63,71)(H,64,76)(H,65,77)/t36?,37-,39+,40?,41+,42-,43?,49+,50+,51+,52-/m1/s1. The molecule has 2 aromatic rings. The van der Waals surface area contributed by atoms with E-state index in [1.54, 1.807) is 44.0 Å². The van der Waals surface area contributed by atoms with Gasteiger partial charge in [-0.25, -0.2) is 10.9 Å². The van der Waals surface area contributed by atoms with Crippen molar-refractivity contribution in [1.29, 1.82) is 0 Å². The van der Waals surface area contributed by atoms with Crippen molar-refractivity contribution in [3.63, 3.8) is 0 Å². The molecule has 0 aliphatic carbocycles. The molecule has 27 heteroatoms. The topological polar surface area (TPSA) is 334 Å². The van der Waals surface area contributed by atoms with Crippen LogP contribution < -0.4 is 32.9 Å². The Hall–Kier alpha value is -6.10. The Morgan fingerprint density at radius 1 is 0.882 bits per heavy atom. The molecule has 0 spiro atoms. The number of rotatable bonds is 37. The van der Waals surface area contributed by atoms with Gasteiger partial charge in [-0.2, -0.15) is 0 Å². The van der Waals surface area contributed by atoms with Crippen molar-refractivity contribution >= 4 is 82.2 Å². The van der Waals surface area contributed by atoms with E-state index in [1.165, 1.54) is 30.4 Å². The fraction of sp³-hybridized carbons (Fsp3) is 0.672. The molecule has 3 unspecified atom stereocenters. The molecule has 0 radical (unpaired) electrons. The van der Waals surface area contributed by atoms with Gasteiger partial charge in [-0.1, -0.05) is 85.2 Å². The molecule has 3 heterocycles. The Morgan fingerprint density at radius 2 is 1.59 bits per heavy atom. The van der Waals surface area contributed by atoms with Crippen LogP contribution in [0, 0.1) is 23.7 Å². The monoisotopic (exact) mass is 1230 g/mol. The van der Waals surface area contributed by atoms with Crippen molar-refractivity contribution in [3.05, 3.63) is 52.5 Å². The van der Waals surface area contributed by atoms with Crippen LogP contribution in [0.25, 0.3) is 0 Å². The minimum atomic E-state index is -1.14. The molecule has 0 saturated carbocycles. The van der Waals surface area contributed by atoms with Crippen molar-refractivity contribution in [2.24, 2.45) is 35.3 Å². The number of primary amides is 1. The summed E-state index contributed by atoms with van der Waals surface area (Å²) in [5.74, 6) is -1.47. The Kier molecular flexibility index (Phi) is 29.8. The summed E-state index contributed by atoms with van der Waals surface area (Å²) in [7, 11) is 6.25. The fourth-order valence-corrected chi connectivity index (χ4v) is 12.7. The van der Waals surface area contributed by atoms with Gasteiger partial charge < -0.3 is 55.9 Å². The van der Waals surface area contributed by atoms with E-state index in [0.717, 1.165) is 27.2 Å². The smallest absolute Gasteiger partial charge is 0.248 e. The van der Waals surface area contributed by atoms with Crippen LogP contribution in [0.4, 0.5) is 0 Å². The second-order valence-corrected chi connectivity index (χ2v) is 24.5. The molecular formula is C58H91N11O14S2. The second-order valence-electron chi connectivity index (χ2n) is 22.3. The van der Waals surface area contributed by atoms with Gasteiger partial charge >= 0.3 is 0 Å². The van der Waals surface area contributed by atoms with E-state index >= 15 is 0 Å². The average molecular weight is 1230 g/mol. The van der Waals surface area contributed by atoms with Crippen LogP contribution in [0.1, 0.15) is 110 Å². The number of ether oxygens (including phenoxy) is 3. The molecule has 11 atom stereocenters. The largest absolute Gasteiger partial charge is 0.379 e.